The van der Waals surface area contributed by atoms with Crippen LogP contribution < -0.4 is 17.0 Å². The first-order valence-electron chi connectivity index (χ1n) is 6.03. The zero-order valence-corrected chi connectivity index (χ0v) is 12.3. The molecule has 5 N–H and O–H groups in total. The Morgan fingerprint density at radius 1 is 1.37 bits per heavy atom. The van der Waals surface area contributed by atoms with Crippen LogP contribution in [0.1, 0.15) is 22.7 Å². The van der Waals surface area contributed by atoms with Gasteiger partial charge in [-0.05, 0) is 42.7 Å². The highest BCUT2D eigenvalue weighted by Crippen LogP contribution is 2.25. The molecule has 0 aliphatic carbocycles. The first kappa shape index (κ1) is 14.0. The van der Waals surface area contributed by atoms with Crippen LogP contribution in [0.4, 0.5) is 5.82 Å². The monoisotopic (exact) mass is 320 g/mol. The smallest absolute Gasteiger partial charge is 0.128 e. The lowest BCUT2D eigenvalue weighted by atomic mass is 9.96. The van der Waals surface area contributed by atoms with Crippen LogP contribution in [0.25, 0.3) is 0 Å². The minimum Gasteiger partial charge on any atom is -0.383 e. The Morgan fingerprint density at radius 3 is 2.79 bits per heavy atom. The van der Waals surface area contributed by atoms with Crippen molar-refractivity contribution in [1.29, 1.82) is 0 Å². The van der Waals surface area contributed by atoms with E-state index in [1.165, 1.54) is 5.56 Å². The second-order valence-corrected chi connectivity index (χ2v) is 5.40. The van der Waals surface area contributed by atoms with E-state index in [0.717, 1.165) is 22.0 Å². The van der Waals surface area contributed by atoms with Gasteiger partial charge in [0.25, 0.3) is 0 Å². The second-order valence-electron chi connectivity index (χ2n) is 4.48. The zero-order valence-electron chi connectivity index (χ0n) is 10.7. The van der Waals surface area contributed by atoms with E-state index in [9.17, 15) is 0 Å². The number of hydrogen-bond acceptors (Lipinski definition) is 4. The predicted octanol–water partition coefficient (Wildman–Crippen LogP) is 2.48. The van der Waals surface area contributed by atoms with Crippen LogP contribution in [0.15, 0.2) is 41.0 Å². The number of hydrogen-bond donors (Lipinski definition) is 3. The molecule has 0 amide bonds. The SMILES string of the molecule is Cc1ccnc(N)c1C(Cc1cccc(Br)c1)NN. The molecule has 1 aromatic heterocycles. The van der Waals surface area contributed by atoms with Gasteiger partial charge in [-0.15, -0.1) is 0 Å². The van der Waals surface area contributed by atoms with Crippen LogP contribution in [0.2, 0.25) is 0 Å². The molecule has 0 aliphatic heterocycles. The molecule has 0 spiro atoms. The third-order valence-electron chi connectivity index (χ3n) is 3.12. The third kappa shape index (κ3) is 3.32. The highest BCUT2D eigenvalue weighted by molar-refractivity contribution is 9.10. The van der Waals surface area contributed by atoms with E-state index in [4.69, 9.17) is 11.6 Å². The van der Waals surface area contributed by atoms with Gasteiger partial charge in [0.2, 0.25) is 0 Å². The van der Waals surface area contributed by atoms with Crippen molar-refractivity contribution in [3.05, 3.63) is 57.7 Å². The number of pyridine rings is 1. The average molecular weight is 321 g/mol. The Balaban J connectivity index is 2.30. The number of nitrogens with one attached hydrogen (secondary N) is 1. The van der Waals surface area contributed by atoms with Crippen molar-refractivity contribution in [3.8, 4) is 0 Å². The van der Waals surface area contributed by atoms with Crippen LogP contribution in [-0.4, -0.2) is 4.98 Å². The molecule has 0 saturated heterocycles. The first-order chi connectivity index (χ1) is 9.11. The summed E-state index contributed by atoms with van der Waals surface area (Å²) in [7, 11) is 0. The van der Waals surface area contributed by atoms with Crippen LogP contribution >= 0.6 is 15.9 Å². The predicted molar refractivity (Wildman–Crippen MR) is 81.3 cm³/mol. The Labute approximate surface area is 121 Å². The maximum atomic E-state index is 5.97. The molecule has 1 heterocycles. The summed E-state index contributed by atoms with van der Waals surface area (Å²) in [6, 6.07) is 10.0. The molecule has 100 valence electrons. The largest absolute Gasteiger partial charge is 0.383 e. The fourth-order valence-corrected chi connectivity index (χ4v) is 2.63. The molecule has 5 heteroatoms. The van der Waals surface area contributed by atoms with Crippen LogP contribution in [-0.2, 0) is 6.42 Å². The van der Waals surface area contributed by atoms with E-state index in [1.807, 2.05) is 25.1 Å². The average Bonchev–Trinajstić information content (AvgIpc) is 2.37. The minimum absolute atomic E-state index is 0.0528. The summed E-state index contributed by atoms with van der Waals surface area (Å²) in [5, 5.41) is 0. The Hall–Kier alpha value is -1.43. The molecule has 4 nitrogen and oxygen atoms in total. The number of benzene rings is 1. The van der Waals surface area contributed by atoms with E-state index in [1.54, 1.807) is 6.20 Å². The lowest BCUT2D eigenvalue weighted by molar-refractivity contribution is 0.549. The first-order valence-corrected chi connectivity index (χ1v) is 6.82. The van der Waals surface area contributed by atoms with Crippen molar-refractivity contribution in [2.75, 3.05) is 5.73 Å². The van der Waals surface area contributed by atoms with Gasteiger partial charge in [0.05, 0.1) is 6.04 Å². The quantitative estimate of drug-likeness (QED) is 0.597. The van der Waals surface area contributed by atoms with Gasteiger partial charge in [-0.25, -0.2) is 4.98 Å². The van der Waals surface area contributed by atoms with Crippen LogP contribution in [0.3, 0.4) is 0 Å². The number of anilines is 1. The minimum atomic E-state index is -0.0528. The number of rotatable bonds is 4. The topological polar surface area (TPSA) is 77.0 Å². The molecule has 0 fully saturated rings. The van der Waals surface area contributed by atoms with E-state index in [0.29, 0.717) is 5.82 Å². The number of hydrazine groups is 1. The second kappa shape index (κ2) is 6.14. The fourth-order valence-electron chi connectivity index (χ4n) is 2.19. The third-order valence-corrected chi connectivity index (χ3v) is 3.61. The van der Waals surface area contributed by atoms with Gasteiger partial charge in [-0.2, -0.15) is 0 Å². The summed E-state index contributed by atoms with van der Waals surface area (Å²) >= 11 is 3.47. The normalized spacial score (nSPS) is 12.4. The standard InChI is InChI=1S/C14H17BrN4/c1-9-5-6-18-14(16)13(9)12(19-17)8-10-3-2-4-11(15)7-10/h2-7,12,19H,8,17H2,1H3,(H2,16,18). The fraction of sp³-hybridized carbons (Fsp3) is 0.214. The summed E-state index contributed by atoms with van der Waals surface area (Å²) in [5.41, 5.74) is 12.0. The summed E-state index contributed by atoms with van der Waals surface area (Å²) < 4.78 is 1.05. The van der Waals surface area contributed by atoms with Crippen molar-refractivity contribution in [1.82, 2.24) is 10.4 Å². The van der Waals surface area contributed by atoms with Gasteiger partial charge < -0.3 is 5.73 Å². The highest BCUT2D eigenvalue weighted by Gasteiger charge is 2.16. The molecule has 0 bridgehead atoms. The molecule has 0 aliphatic rings. The zero-order chi connectivity index (χ0) is 13.8. The van der Waals surface area contributed by atoms with Gasteiger partial charge in [-0.1, -0.05) is 28.1 Å². The molecule has 1 aromatic carbocycles. The Bertz CT molecular complexity index is 551. The number of aromatic nitrogens is 1. The van der Waals surface area contributed by atoms with Crippen molar-refractivity contribution in [2.24, 2.45) is 5.84 Å². The van der Waals surface area contributed by atoms with Crippen LogP contribution in [0, 0.1) is 6.92 Å². The van der Waals surface area contributed by atoms with E-state index < -0.39 is 0 Å². The molecule has 1 atom stereocenters. The van der Waals surface area contributed by atoms with Crippen molar-refractivity contribution < 1.29 is 0 Å². The maximum Gasteiger partial charge on any atom is 0.128 e. The van der Waals surface area contributed by atoms with E-state index in [2.05, 4.69) is 38.5 Å². The molecule has 0 saturated carbocycles. The Morgan fingerprint density at radius 2 is 2.16 bits per heavy atom. The van der Waals surface area contributed by atoms with Gasteiger partial charge in [0.15, 0.2) is 0 Å². The molecule has 0 radical (unpaired) electrons. The molecule has 2 aromatic rings. The number of nitrogens with two attached hydrogens (primary N) is 2. The van der Waals surface area contributed by atoms with Gasteiger partial charge >= 0.3 is 0 Å². The van der Waals surface area contributed by atoms with Gasteiger partial charge in [0, 0.05) is 16.2 Å². The summed E-state index contributed by atoms with van der Waals surface area (Å²) in [6.45, 7) is 2.01. The summed E-state index contributed by atoms with van der Waals surface area (Å²) in [6.07, 6.45) is 2.47. The van der Waals surface area contributed by atoms with Gasteiger partial charge in [0.1, 0.15) is 5.82 Å². The summed E-state index contributed by atoms with van der Waals surface area (Å²) in [4.78, 5) is 4.14. The lowest BCUT2D eigenvalue weighted by Gasteiger charge is -2.20. The number of halogens is 1. The highest BCUT2D eigenvalue weighted by atomic mass is 79.9. The van der Waals surface area contributed by atoms with E-state index in [-0.39, 0.29) is 6.04 Å². The van der Waals surface area contributed by atoms with Crippen molar-refractivity contribution >= 4 is 21.7 Å². The number of nitrogens with zero attached hydrogens (tertiary/aromatic N) is 1. The van der Waals surface area contributed by atoms with Crippen LogP contribution in [0.5, 0.6) is 0 Å². The molecule has 2 rings (SSSR count). The Kier molecular flexibility index (Phi) is 4.52. The molecular formula is C14H17BrN4. The van der Waals surface area contributed by atoms with Crippen molar-refractivity contribution in [3.63, 3.8) is 0 Å². The summed E-state index contributed by atoms with van der Waals surface area (Å²) in [5.74, 6) is 6.21. The van der Waals surface area contributed by atoms with E-state index >= 15 is 0 Å². The van der Waals surface area contributed by atoms with Gasteiger partial charge in [-0.3, -0.25) is 11.3 Å². The molecule has 19 heavy (non-hydrogen) atoms. The molecule has 1 unspecified atom stereocenters. The number of nitrogen functional groups attached to an aromatic ring is 1. The molecular weight excluding hydrogens is 304 g/mol. The number of aryl methyl sites for hydroxylation is 1. The maximum absolute atomic E-state index is 5.97. The van der Waals surface area contributed by atoms with Crippen molar-refractivity contribution in [2.45, 2.75) is 19.4 Å². The lowest BCUT2D eigenvalue weighted by Crippen LogP contribution is -2.31.